The summed E-state index contributed by atoms with van der Waals surface area (Å²) >= 11 is 0. The van der Waals surface area contributed by atoms with Gasteiger partial charge in [-0.15, -0.1) is 0 Å². The lowest BCUT2D eigenvalue weighted by Crippen LogP contribution is -2.47. The number of hydrogen-bond acceptors (Lipinski definition) is 4. The third-order valence-corrected chi connectivity index (χ3v) is 6.43. The Morgan fingerprint density at radius 2 is 1.79 bits per heavy atom. The van der Waals surface area contributed by atoms with Crippen LogP contribution in [0.4, 0.5) is 5.69 Å². The van der Waals surface area contributed by atoms with Crippen molar-refractivity contribution in [2.45, 2.75) is 44.2 Å². The molecule has 6 heteroatoms. The van der Waals surface area contributed by atoms with Crippen molar-refractivity contribution in [3.8, 4) is 5.75 Å². The van der Waals surface area contributed by atoms with E-state index in [2.05, 4.69) is 4.90 Å². The Bertz CT molecular complexity index is 758. The molecule has 1 heterocycles. The van der Waals surface area contributed by atoms with Gasteiger partial charge in [-0.05, 0) is 55.7 Å². The van der Waals surface area contributed by atoms with Crippen LogP contribution in [0.5, 0.6) is 5.75 Å². The number of rotatable bonds is 6. The maximum absolute atomic E-state index is 13.0. The summed E-state index contributed by atoms with van der Waals surface area (Å²) in [5.74, 6) is 2.35. The second-order valence-electron chi connectivity index (χ2n) is 8.83. The summed E-state index contributed by atoms with van der Waals surface area (Å²) in [6, 6.07) is 5.92. The monoisotopic (exact) mass is 385 g/mol. The fraction of sp³-hybridized carbons (Fsp3) is 0.636. The largest absolute Gasteiger partial charge is 0.489 e. The van der Waals surface area contributed by atoms with Gasteiger partial charge in [0.25, 0.3) is 5.91 Å². The van der Waals surface area contributed by atoms with Crippen molar-refractivity contribution < 1.29 is 14.3 Å². The maximum Gasteiger partial charge on any atom is 0.253 e. The molecule has 3 aliphatic rings. The van der Waals surface area contributed by atoms with Crippen LogP contribution in [0.15, 0.2) is 18.2 Å². The average molecular weight is 386 g/mol. The van der Waals surface area contributed by atoms with Crippen LogP contribution < -0.4 is 9.64 Å². The first-order valence-electron chi connectivity index (χ1n) is 10.3. The molecule has 0 bridgehead atoms. The van der Waals surface area contributed by atoms with E-state index in [0.717, 1.165) is 11.4 Å². The lowest BCUT2D eigenvalue weighted by Gasteiger charge is -2.37. The second-order valence-corrected chi connectivity index (χ2v) is 8.83. The highest BCUT2D eigenvalue weighted by atomic mass is 16.5. The van der Waals surface area contributed by atoms with E-state index in [1.807, 2.05) is 31.1 Å². The van der Waals surface area contributed by atoms with E-state index in [0.29, 0.717) is 36.5 Å². The van der Waals surface area contributed by atoms with Gasteiger partial charge in [-0.2, -0.15) is 0 Å². The molecule has 2 aliphatic carbocycles. The third kappa shape index (κ3) is 3.69. The molecule has 2 saturated carbocycles. The summed E-state index contributed by atoms with van der Waals surface area (Å²) in [6.07, 6.45) is 5.50. The topological polar surface area (TPSA) is 53.1 Å². The number of carbonyl (C=O) groups is 2. The van der Waals surface area contributed by atoms with E-state index in [9.17, 15) is 9.59 Å². The Morgan fingerprint density at radius 3 is 2.36 bits per heavy atom. The van der Waals surface area contributed by atoms with E-state index >= 15 is 0 Å². The van der Waals surface area contributed by atoms with E-state index in [4.69, 9.17) is 4.74 Å². The number of hydrogen-bond donors (Lipinski definition) is 0. The van der Waals surface area contributed by atoms with Gasteiger partial charge in [0.1, 0.15) is 12.4 Å². The van der Waals surface area contributed by atoms with Gasteiger partial charge in [-0.1, -0.05) is 0 Å². The van der Waals surface area contributed by atoms with Crippen molar-refractivity contribution >= 4 is 17.5 Å². The Labute approximate surface area is 167 Å². The number of carbonyl (C=O) groups excluding carboxylic acids is 2. The fourth-order valence-electron chi connectivity index (χ4n) is 4.40. The first kappa shape index (κ1) is 19.1. The van der Waals surface area contributed by atoms with Gasteiger partial charge in [0.15, 0.2) is 0 Å². The first-order chi connectivity index (χ1) is 13.4. The summed E-state index contributed by atoms with van der Waals surface area (Å²) in [5.41, 5.74) is 1.51. The lowest BCUT2D eigenvalue weighted by atomic mass is 10.0. The number of ether oxygens (including phenoxy) is 1. The predicted molar refractivity (Wildman–Crippen MR) is 109 cm³/mol. The third-order valence-electron chi connectivity index (χ3n) is 6.43. The van der Waals surface area contributed by atoms with Gasteiger partial charge in [-0.3, -0.25) is 9.59 Å². The molecule has 0 spiro atoms. The Kier molecular flexibility index (Phi) is 4.98. The highest BCUT2D eigenvalue weighted by Crippen LogP contribution is 2.47. The number of fused-ring (bicyclic) bond motifs is 1. The van der Waals surface area contributed by atoms with Crippen LogP contribution in [-0.4, -0.2) is 68.5 Å². The number of anilines is 1. The minimum Gasteiger partial charge on any atom is -0.489 e. The highest BCUT2D eigenvalue weighted by molar-refractivity contribution is 5.95. The molecule has 1 unspecified atom stereocenters. The van der Waals surface area contributed by atoms with Crippen molar-refractivity contribution in [1.29, 1.82) is 0 Å². The van der Waals surface area contributed by atoms with Crippen molar-refractivity contribution in [3.63, 3.8) is 0 Å². The number of nitrogens with zero attached hydrogens (tertiary/aromatic N) is 3. The number of benzene rings is 1. The van der Waals surface area contributed by atoms with E-state index in [1.165, 1.54) is 25.7 Å². The van der Waals surface area contributed by atoms with Crippen LogP contribution in [0.25, 0.3) is 0 Å². The molecule has 2 fully saturated rings. The molecule has 1 aliphatic heterocycles. The molecule has 6 nitrogen and oxygen atoms in total. The molecule has 152 valence electrons. The van der Waals surface area contributed by atoms with Crippen LogP contribution in [0, 0.1) is 11.8 Å². The van der Waals surface area contributed by atoms with Gasteiger partial charge >= 0.3 is 0 Å². The van der Waals surface area contributed by atoms with Crippen LogP contribution >= 0.6 is 0 Å². The van der Waals surface area contributed by atoms with Gasteiger partial charge in [0.2, 0.25) is 5.91 Å². The van der Waals surface area contributed by atoms with Crippen LogP contribution in [0.1, 0.15) is 42.5 Å². The molecule has 0 aromatic heterocycles. The van der Waals surface area contributed by atoms with Crippen molar-refractivity contribution in [3.05, 3.63) is 23.8 Å². The minimum atomic E-state index is -0.0363. The molecule has 1 atom stereocenters. The summed E-state index contributed by atoms with van der Waals surface area (Å²) < 4.78 is 5.93. The predicted octanol–water partition coefficient (Wildman–Crippen LogP) is 2.62. The molecule has 28 heavy (non-hydrogen) atoms. The molecule has 0 N–H and O–H groups in total. The molecule has 1 aromatic carbocycles. The highest BCUT2D eigenvalue weighted by Gasteiger charge is 2.45. The van der Waals surface area contributed by atoms with Crippen molar-refractivity contribution in [1.82, 2.24) is 9.80 Å². The molecular formula is C22H31N3O3. The minimum absolute atomic E-state index is 0.0220. The van der Waals surface area contributed by atoms with Crippen molar-refractivity contribution in [2.75, 3.05) is 39.7 Å². The smallest absolute Gasteiger partial charge is 0.253 e. The quantitative estimate of drug-likeness (QED) is 0.755. The molecule has 1 aromatic rings. The number of likely N-dealkylation sites (N-methyl/N-ethyl adjacent to an activating group) is 1. The van der Waals surface area contributed by atoms with Gasteiger partial charge in [0, 0.05) is 39.8 Å². The molecular weight excluding hydrogens is 354 g/mol. The van der Waals surface area contributed by atoms with Gasteiger partial charge in [-0.25, -0.2) is 0 Å². The summed E-state index contributed by atoms with van der Waals surface area (Å²) in [4.78, 5) is 31.0. The first-order valence-corrected chi connectivity index (χ1v) is 10.3. The molecule has 0 saturated heterocycles. The van der Waals surface area contributed by atoms with Gasteiger partial charge < -0.3 is 19.4 Å². The fourth-order valence-corrected chi connectivity index (χ4v) is 4.40. The van der Waals surface area contributed by atoms with E-state index in [1.54, 1.807) is 25.1 Å². The summed E-state index contributed by atoms with van der Waals surface area (Å²) in [6.45, 7) is 0.488. The molecule has 4 rings (SSSR count). The maximum atomic E-state index is 13.0. The standard InChI is InChI=1S/C22H31N3O3/c1-23(2)22(27)16-9-10-19-18(11-16)24(3)17(13-28-19)12-20(26)25(4)21(14-5-6-14)15-7-8-15/h9-11,14-15,17,21H,5-8,12-13H2,1-4H3. The zero-order chi connectivity index (χ0) is 20.0. The zero-order valence-electron chi connectivity index (χ0n) is 17.4. The Hall–Kier alpha value is -2.24. The van der Waals surface area contributed by atoms with Crippen molar-refractivity contribution in [2.24, 2.45) is 11.8 Å². The van der Waals surface area contributed by atoms with Crippen LogP contribution in [0.2, 0.25) is 0 Å². The molecule has 2 amide bonds. The van der Waals surface area contributed by atoms with E-state index < -0.39 is 0 Å². The Balaban J connectivity index is 1.46. The SMILES string of the molecule is CN(C)C(=O)c1ccc2c(c1)N(C)C(CC(=O)N(C)C(C1CC1)C1CC1)CO2. The van der Waals surface area contributed by atoms with Crippen LogP contribution in [0.3, 0.4) is 0 Å². The lowest BCUT2D eigenvalue weighted by molar-refractivity contribution is -0.133. The normalized spacial score (nSPS) is 21.2. The van der Waals surface area contributed by atoms with E-state index in [-0.39, 0.29) is 17.9 Å². The molecule has 0 radical (unpaired) electrons. The second kappa shape index (κ2) is 7.30. The average Bonchev–Trinajstić information content (AvgIpc) is 3.58. The Morgan fingerprint density at radius 1 is 1.14 bits per heavy atom. The summed E-state index contributed by atoms with van der Waals surface area (Å²) in [5, 5.41) is 0. The summed E-state index contributed by atoms with van der Waals surface area (Å²) in [7, 11) is 7.46. The number of amides is 2. The van der Waals surface area contributed by atoms with Gasteiger partial charge in [0.05, 0.1) is 18.2 Å². The van der Waals surface area contributed by atoms with Crippen LogP contribution in [-0.2, 0) is 4.79 Å². The zero-order valence-corrected chi connectivity index (χ0v) is 17.4.